The van der Waals surface area contributed by atoms with Gasteiger partial charge in [-0.2, -0.15) is 0 Å². The van der Waals surface area contributed by atoms with Crippen molar-refractivity contribution < 1.29 is 14.3 Å². The van der Waals surface area contributed by atoms with E-state index in [1.165, 1.54) is 0 Å². The molecule has 0 radical (unpaired) electrons. The summed E-state index contributed by atoms with van der Waals surface area (Å²) in [6, 6.07) is 7.53. The first-order valence-electron chi connectivity index (χ1n) is 7.36. The van der Waals surface area contributed by atoms with Gasteiger partial charge in [0.05, 0.1) is 6.61 Å². The summed E-state index contributed by atoms with van der Waals surface area (Å²) in [6.45, 7) is 0.858. The molecule has 0 aromatic heterocycles. The van der Waals surface area contributed by atoms with E-state index in [1.807, 2.05) is 43.3 Å². The summed E-state index contributed by atoms with van der Waals surface area (Å²) in [7, 11) is 5.48. The third-order valence-corrected chi connectivity index (χ3v) is 3.85. The van der Waals surface area contributed by atoms with Gasteiger partial charge in [0.15, 0.2) is 0 Å². The van der Waals surface area contributed by atoms with Crippen LogP contribution in [0.3, 0.4) is 0 Å². The molecular weight excluding hydrogens is 282 g/mol. The molecule has 0 atom stereocenters. The van der Waals surface area contributed by atoms with Gasteiger partial charge in [-0.3, -0.25) is 9.59 Å². The Kier molecular flexibility index (Phi) is 5.03. The molecule has 1 aromatic rings. The fourth-order valence-electron chi connectivity index (χ4n) is 2.21. The zero-order valence-electron chi connectivity index (χ0n) is 13.3. The number of nitrogens with zero attached hydrogens (tertiary/aromatic N) is 1. The molecule has 6 nitrogen and oxygen atoms in total. The molecule has 6 heteroatoms. The first-order valence-corrected chi connectivity index (χ1v) is 7.36. The second-order valence-electron chi connectivity index (χ2n) is 5.73. The van der Waals surface area contributed by atoms with Gasteiger partial charge in [-0.1, -0.05) is 0 Å². The maximum atomic E-state index is 12.4. The average molecular weight is 305 g/mol. The molecule has 1 saturated carbocycles. The van der Waals surface area contributed by atoms with Gasteiger partial charge in [0, 0.05) is 39.1 Å². The van der Waals surface area contributed by atoms with Crippen molar-refractivity contribution in [3.63, 3.8) is 0 Å². The van der Waals surface area contributed by atoms with E-state index < -0.39 is 5.41 Å². The van der Waals surface area contributed by atoms with Crippen molar-refractivity contribution in [2.24, 2.45) is 5.41 Å². The molecule has 0 saturated heterocycles. The molecule has 22 heavy (non-hydrogen) atoms. The Morgan fingerprint density at radius 3 is 2.32 bits per heavy atom. The lowest BCUT2D eigenvalue weighted by Gasteiger charge is -2.16. The van der Waals surface area contributed by atoms with E-state index in [9.17, 15) is 9.59 Å². The third-order valence-electron chi connectivity index (χ3n) is 3.85. The van der Waals surface area contributed by atoms with E-state index in [0.717, 1.165) is 5.69 Å². The van der Waals surface area contributed by atoms with E-state index in [4.69, 9.17) is 4.74 Å². The molecule has 0 aliphatic heterocycles. The summed E-state index contributed by atoms with van der Waals surface area (Å²) in [6.07, 6.45) is 1.18. The first-order chi connectivity index (χ1) is 10.5. The fourth-order valence-corrected chi connectivity index (χ4v) is 2.21. The van der Waals surface area contributed by atoms with Crippen LogP contribution in [0.5, 0.6) is 0 Å². The largest absolute Gasteiger partial charge is 0.383 e. The maximum absolute atomic E-state index is 12.4. The molecule has 1 fully saturated rings. The third kappa shape index (κ3) is 3.57. The molecule has 1 aromatic carbocycles. The Hall–Kier alpha value is -2.08. The summed E-state index contributed by atoms with van der Waals surface area (Å²) < 4.78 is 4.89. The Labute approximate surface area is 130 Å². The summed E-state index contributed by atoms with van der Waals surface area (Å²) in [4.78, 5) is 26.5. The summed E-state index contributed by atoms with van der Waals surface area (Å²) in [5.41, 5.74) is 0.844. The van der Waals surface area contributed by atoms with Crippen molar-refractivity contribution in [2.75, 3.05) is 44.6 Å². The number of nitrogens with one attached hydrogen (secondary N) is 2. The van der Waals surface area contributed by atoms with Crippen LogP contribution >= 0.6 is 0 Å². The van der Waals surface area contributed by atoms with Gasteiger partial charge in [-0.05, 0) is 37.1 Å². The number of carbonyl (C=O) groups is 2. The number of rotatable bonds is 7. The fraction of sp³-hybridized carbons (Fsp3) is 0.500. The monoisotopic (exact) mass is 305 g/mol. The zero-order valence-corrected chi connectivity index (χ0v) is 13.3. The molecule has 2 rings (SSSR count). The number of methoxy groups -OCH3 is 1. The predicted molar refractivity (Wildman–Crippen MR) is 86.0 cm³/mol. The summed E-state index contributed by atoms with van der Waals surface area (Å²) in [5.74, 6) is -0.452. The van der Waals surface area contributed by atoms with Crippen molar-refractivity contribution in [2.45, 2.75) is 12.8 Å². The van der Waals surface area contributed by atoms with Crippen LogP contribution in [0.2, 0.25) is 0 Å². The van der Waals surface area contributed by atoms with Crippen molar-refractivity contribution in [3.05, 3.63) is 24.3 Å². The van der Waals surface area contributed by atoms with Gasteiger partial charge in [0.2, 0.25) is 11.8 Å². The highest BCUT2D eigenvalue weighted by Gasteiger charge is 2.56. The number of carbonyl (C=O) groups excluding carboxylic acids is 2. The molecule has 0 bridgehead atoms. The molecule has 2 N–H and O–H groups in total. The lowest BCUT2D eigenvalue weighted by atomic mass is 10.1. The van der Waals surface area contributed by atoms with Crippen LogP contribution in [0.25, 0.3) is 0 Å². The van der Waals surface area contributed by atoms with E-state index >= 15 is 0 Å². The number of hydrogen-bond acceptors (Lipinski definition) is 4. The number of ether oxygens (including phenoxy) is 1. The van der Waals surface area contributed by atoms with Crippen molar-refractivity contribution in [1.29, 1.82) is 0 Å². The minimum atomic E-state index is -0.909. The lowest BCUT2D eigenvalue weighted by Crippen LogP contribution is -2.41. The highest BCUT2D eigenvalue weighted by atomic mass is 16.5. The van der Waals surface area contributed by atoms with Crippen LogP contribution in [-0.4, -0.2) is 46.2 Å². The number of anilines is 2. The Morgan fingerprint density at radius 1 is 1.18 bits per heavy atom. The molecule has 1 aliphatic rings. The standard InChI is InChI=1S/C16H23N3O3/c1-19(2)13-6-4-12(5-7-13)18-15(21)16(8-9-16)14(20)17-10-11-22-3/h4-7H,8-11H2,1-3H3,(H,17,20)(H,18,21). The van der Waals surface area contributed by atoms with Crippen LogP contribution in [-0.2, 0) is 14.3 Å². The predicted octanol–water partition coefficient (Wildman–Crippen LogP) is 1.23. The van der Waals surface area contributed by atoms with Crippen LogP contribution in [0.15, 0.2) is 24.3 Å². The lowest BCUT2D eigenvalue weighted by molar-refractivity contribution is -0.134. The van der Waals surface area contributed by atoms with Gasteiger partial charge in [0.25, 0.3) is 0 Å². The quantitative estimate of drug-likeness (QED) is 0.587. The van der Waals surface area contributed by atoms with Crippen LogP contribution < -0.4 is 15.5 Å². The number of hydrogen-bond donors (Lipinski definition) is 2. The SMILES string of the molecule is COCCNC(=O)C1(C(=O)Nc2ccc(N(C)C)cc2)CC1. The van der Waals surface area contributed by atoms with Gasteiger partial charge < -0.3 is 20.3 Å². The summed E-state index contributed by atoms with van der Waals surface area (Å²) in [5, 5.41) is 5.58. The highest BCUT2D eigenvalue weighted by Crippen LogP contribution is 2.46. The van der Waals surface area contributed by atoms with Gasteiger partial charge in [-0.15, -0.1) is 0 Å². The number of benzene rings is 1. The van der Waals surface area contributed by atoms with E-state index in [1.54, 1.807) is 7.11 Å². The Balaban J connectivity index is 1.95. The van der Waals surface area contributed by atoms with Crippen molar-refractivity contribution >= 4 is 23.2 Å². The normalized spacial score (nSPS) is 15.0. The molecule has 0 heterocycles. The second-order valence-corrected chi connectivity index (χ2v) is 5.73. The molecule has 1 aliphatic carbocycles. The molecule has 0 unspecified atom stereocenters. The first kappa shape index (κ1) is 16.3. The van der Waals surface area contributed by atoms with E-state index in [2.05, 4.69) is 10.6 Å². The van der Waals surface area contributed by atoms with Crippen molar-refractivity contribution in [1.82, 2.24) is 5.32 Å². The van der Waals surface area contributed by atoms with Crippen LogP contribution in [0.1, 0.15) is 12.8 Å². The molecule has 0 spiro atoms. The van der Waals surface area contributed by atoms with Crippen LogP contribution in [0.4, 0.5) is 11.4 Å². The Bertz CT molecular complexity index is 536. The van der Waals surface area contributed by atoms with E-state index in [0.29, 0.717) is 31.7 Å². The van der Waals surface area contributed by atoms with Gasteiger partial charge in [-0.25, -0.2) is 0 Å². The second kappa shape index (κ2) is 6.79. The Morgan fingerprint density at radius 2 is 1.82 bits per heavy atom. The minimum absolute atomic E-state index is 0.216. The van der Waals surface area contributed by atoms with Crippen molar-refractivity contribution in [3.8, 4) is 0 Å². The smallest absolute Gasteiger partial charge is 0.240 e. The maximum Gasteiger partial charge on any atom is 0.240 e. The summed E-state index contributed by atoms with van der Waals surface area (Å²) >= 11 is 0. The van der Waals surface area contributed by atoms with Gasteiger partial charge >= 0.3 is 0 Å². The van der Waals surface area contributed by atoms with E-state index in [-0.39, 0.29) is 11.8 Å². The average Bonchev–Trinajstić information content (AvgIpc) is 3.29. The highest BCUT2D eigenvalue weighted by molar-refractivity contribution is 6.13. The minimum Gasteiger partial charge on any atom is -0.383 e. The number of amides is 2. The molecular formula is C16H23N3O3. The molecule has 2 amide bonds. The zero-order chi connectivity index (χ0) is 16.2. The van der Waals surface area contributed by atoms with Crippen LogP contribution in [0, 0.1) is 5.41 Å². The molecule has 120 valence electrons. The van der Waals surface area contributed by atoms with Gasteiger partial charge in [0.1, 0.15) is 5.41 Å². The topological polar surface area (TPSA) is 70.7 Å².